The summed E-state index contributed by atoms with van der Waals surface area (Å²) in [5.74, 6) is 0. The van der Waals surface area contributed by atoms with Crippen LogP contribution in [-0.2, 0) is 0 Å². The van der Waals surface area contributed by atoms with Gasteiger partial charge < -0.3 is 9.32 Å². The van der Waals surface area contributed by atoms with Gasteiger partial charge in [-0.15, -0.1) is 0 Å². The molecule has 0 radical (unpaired) electrons. The highest BCUT2D eigenvalue weighted by molar-refractivity contribution is 6.17. The van der Waals surface area contributed by atoms with Crippen molar-refractivity contribution in [3.05, 3.63) is 200 Å². The second-order valence-electron chi connectivity index (χ2n) is 12.5. The Bertz CT molecular complexity index is 2590. The Morgan fingerprint density at radius 2 is 0.800 bits per heavy atom. The Labute approximate surface area is 292 Å². The van der Waals surface area contributed by atoms with Crippen LogP contribution in [0.25, 0.3) is 66.4 Å². The normalized spacial score (nSPS) is 11.2. The second kappa shape index (κ2) is 12.8. The van der Waals surface area contributed by atoms with Crippen LogP contribution in [0.3, 0.4) is 0 Å². The van der Waals surface area contributed by atoms with Gasteiger partial charge in [-0.25, -0.2) is 0 Å². The molecule has 9 aromatic rings. The van der Waals surface area contributed by atoms with Crippen LogP contribution in [-0.4, -0.2) is 0 Å². The Morgan fingerprint density at radius 1 is 0.340 bits per heavy atom. The monoisotopic (exact) mass is 639 g/mol. The molecule has 2 nitrogen and oxygen atoms in total. The van der Waals surface area contributed by atoms with E-state index in [1.54, 1.807) is 0 Å². The molecule has 9 rings (SSSR count). The van der Waals surface area contributed by atoms with Crippen LogP contribution in [0.5, 0.6) is 0 Å². The van der Waals surface area contributed by atoms with Gasteiger partial charge in [-0.1, -0.05) is 152 Å². The van der Waals surface area contributed by atoms with E-state index >= 15 is 0 Å². The zero-order valence-electron chi connectivity index (χ0n) is 27.4. The van der Waals surface area contributed by atoms with Gasteiger partial charge in [0.05, 0.1) is 11.1 Å². The Kier molecular flexibility index (Phi) is 7.53. The molecule has 0 aliphatic heterocycles. The Morgan fingerprint density at radius 3 is 1.42 bits per heavy atom. The van der Waals surface area contributed by atoms with Crippen LogP contribution in [0, 0.1) is 0 Å². The molecule has 0 saturated heterocycles. The third-order valence-corrected chi connectivity index (χ3v) is 9.45. The van der Waals surface area contributed by atoms with Crippen molar-refractivity contribution in [3.63, 3.8) is 0 Å². The molecule has 0 aliphatic carbocycles. The van der Waals surface area contributed by atoms with Gasteiger partial charge >= 0.3 is 0 Å². The predicted octanol–water partition coefficient (Wildman–Crippen LogP) is 13.7. The third kappa shape index (κ3) is 5.43. The van der Waals surface area contributed by atoms with E-state index in [1.807, 2.05) is 6.07 Å². The minimum Gasteiger partial charge on any atom is -0.455 e. The maximum atomic E-state index is 6.72. The van der Waals surface area contributed by atoms with Crippen molar-refractivity contribution < 1.29 is 4.42 Å². The number of anilines is 3. The van der Waals surface area contributed by atoms with Crippen molar-refractivity contribution in [2.75, 3.05) is 4.90 Å². The summed E-state index contributed by atoms with van der Waals surface area (Å²) in [5.41, 5.74) is 14.2. The van der Waals surface area contributed by atoms with Crippen LogP contribution >= 0.6 is 0 Å². The van der Waals surface area contributed by atoms with Crippen LogP contribution in [0.2, 0.25) is 0 Å². The van der Waals surface area contributed by atoms with Crippen molar-refractivity contribution in [3.8, 4) is 44.5 Å². The van der Waals surface area contributed by atoms with Gasteiger partial charge in [0.25, 0.3) is 0 Å². The van der Waals surface area contributed by atoms with Gasteiger partial charge in [0.1, 0.15) is 11.2 Å². The maximum absolute atomic E-state index is 6.72. The van der Waals surface area contributed by atoms with Crippen molar-refractivity contribution in [1.82, 2.24) is 0 Å². The van der Waals surface area contributed by atoms with E-state index in [2.05, 4.69) is 199 Å². The lowest BCUT2D eigenvalue weighted by Crippen LogP contribution is -2.10. The molecule has 0 N–H and O–H groups in total. The molecule has 0 bridgehead atoms. The molecule has 0 spiro atoms. The molecule has 0 fully saturated rings. The summed E-state index contributed by atoms with van der Waals surface area (Å²) in [6.45, 7) is 0. The fraction of sp³-hybridized carbons (Fsp3) is 0. The number of rotatable bonds is 7. The lowest BCUT2D eigenvalue weighted by Gasteiger charge is -2.27. The number of furan rings is 1. The molecular weight excluding hydrogens is 607 g/mol. The minimum absolute atomic E-state index is 0.872. The SMILES string of the molecule is c1ccc(-c2cccc(-c3cccc(N(c4cccc(-c5ccccc5)c4)c4ccc(-c5ccccc5)c5oc6ccccc6c45)c3)c2)cc1. The summed E-state index contributed by atoms with van der Waals surface area (Å²) >= 11 is 0. The zero-order chi connectivity index (χ0) is 33.3. The lowest BCUT2D eigenvalue weighted by molar-refractivity contribution is 0.670. The van der Waals surface area contributed by atoms with Gasteiger partial charge in [-0.3, -0.25) is 0 Å². The van der Waals surface area contributed by atoms with Crippen molar-refractivity contribution >= 4 is 39.0 Å². The van der Waals surface area contributed by atoms with Crippen LogP contribution < -0.4 is 4.90 Å². The summed E-state index contributed by atoms with van der Waals surface area (Å²) in [4.78, 5) is 2.38. The molecule has 236 valence electrons. The molecule has 0 atom stereocenters. The number of nitrogens with zero attached hydrogens (tertiary/aromatic N) is 1. The zero-order valence-corrected chi connectivity index (χ0v) is 27.4. The summed E-state index contributed by atoms with van der Waals surface area (Å²) in [6.07, 6.45) is 0. The second-order valence-corrected chi connectivity index (χ2v) is 12.5. The molecule has 0 amide bonds. The number of para-hydroxylation sites is 1. The number of hydrogen-bond donors (Lipinski definition) is 0. The summed E-state index contributed by atoms with van der Waals surface area (Å²) in [7, 11) is 0. The molecular formula is C48H33NO. The first-order chi connectivity index (χ1) is 24.8. The molecule has 0 aliphatic rings. The highest BCUT2D eigenvalue weighted by atomic mass is 16.3. The van der Waals surface area contributed by atoms with Gasteiger partial charge in [0, 0.05) is 22.3 Å². The molecule has 0 unspecified atom stereocenters. The topological polar surface area (TPSA) is 16.4 Å². The summed E-state index contributed by atoms with van der Waals surface area (Å²) in [5, 5.41) is 2.18. The van der Waals surface area contributed by atoms with E-state index in [4.69, 9.17) is 4.42 Å². The molecule has 0 saturated carbocycles. The van der Waals surface area contributed by atoms with Gasteiger partial charge in [-0.05, 0) is 87.5 Å². The number of hydrogen-bond acceptors (Lipinski definition) is 2. The first-order valence-corrected chi connectivity index (χ1v) is 17.0. The molecule has 50 heavy (non-hydrogen) atoms. The number of fused-ring (bicyclic) bond motifs is 3. The third-order valence-electron chi connectivity index (χ3n) is 9.45. The largest absolute Gasteiger partial charge is 0.455 e. The predicted molar refractivity (Wildman–Crippen MR) is 210 cm³/mol. The molecule has 1 aromatic heterocycles. The fourth-order valence-electron chi connectivity index (χ4n) is 7.06. The lowest BCUT2D eigenvalue weighted by atomic mass is 9.97. The number of benzene rings is 8. The first kappa shape index (κ1) is 29.5. The first-order valence-electron chi connectivity index (χ1n) is 17.0. The standard InChI is InChI=1S/C48H33NO/c1-4-15-34(16-5-1)37-21-12-22-38(31-37)40-24-14-26-42(33-40)49(41-25-13-23-39(32-41)35-17-6-2-7-18-35)45-30-29-43(36-19-8-3-9-20-36)48-47(45)44-27-10-11-28-46(44)50-48/h1-33H. The summed E-state index contributed by atoms with van der Waals surface area (Å²) < 4.78 is 6.72. The smallest absolute Gasteiger partial charge is 0.145 e. The quantitative estimate of drug-likeness (QED) is 0.173. The Hall–Kier alpha value is -6.64. The van der Waals surface area contributed by atoms with E-state index < -0.39 is 0 Å². The van der Waals surface area contributed by atoms with Crippen molar-refractivity contribution in [2.24, 2.45) is 0 Å². The van der Waals surface area contributed by atoms with Crippen LogP contribution in [0.4, 0.5) is 17.1 Å². The van der Waals surface area contributed by atoms with E-state index in [-0.39, 0.29) is 0 Å². The van der Waals surface area contributed by atoms with E-state index in [0.717, 1.165) is 61.3 Å². The highest BCUT2D eigenvalue weighted by Crippen LogP contribution is 2.47. The van der Waals surface area contributed by atoms with Gasteiger partial charge in [0.15, 0.2) is 0 Å². The van der Waals surface area contributed by atoms with E-state index in [0.29, 0.717) is 0 Å². The summed E-state index contributed by atoms with van der Waals surface area (Å²) in [6, 6.07) is 71.0. The minimum atomic E-state index is 0.872. The molecule has 8 aromatic carbocycles. The van der Waals surface area contributed by atoms with Crippen molar-refractivity contribution in [2.45, 2.75) is 0 Å². The fourth-order valence-corrected chi connectivity index (χ4v) is 7.06. The van der Waals surface area contributed by atoms with E-state index in [9.17, 15) is 0 Å². The van der Waals surface area contributed by atoms with Crippen LogP contribution in [0.1, 0.15) is 0 Å². The van der Waals surface area contributed by atoms with Gasteiger partial charge in [-0.2, -0.15) is 0 Å². The van der Waals surface area contributed by atoms with Crippen LogP contribution in [0.15, 0.2) is 205 Å². The molecule has 1 heterocycles. The average molecular weight is 640 g/mol. The highest BCUT2D eigenvalue weighted by Gasteiger charge is 2.22. The molecule has 2 heteroatoms. The van der Waals surface area contributed by atoms with Crippen molar-refractivity contribution in [1.29, 1.82) is 0 Å². The maximum Gasteiger partial charge on any atom is 0.145 e. The van der Waals surface area contributed by atoms with E-state index in [1.165, 1.54) is 22.3 Å². The Balaban J connectivity index is 1.28. The van der Waals surface area contributed by atoms with Gasteiger partial charge in [0.2, 0.25) is 0 Å². The average Bonchev–Trinajstić information content (AvgIpc) is 3.59.